The first-order chi connectivity index (χ1) is 20.2. The predicted molar refractivity (Wildman–Crippen MR) is 156 cm³/mol. The lowest BCUT2D eigenvalue weighted by Gasteiger charge is -2.36. The minimum absolute atomic E-state index is 0.000437. The van der Waals surface area contributed by atoms with E-state index in [0.29, 0.717) is 56.9 Å². The number of carbonyl (C=O) groups is 2. The van der Waals surface area contributed by atoms with Crippen molar-refractivity contribution in [3.05, 3.63) is 64.5 Å². The Morgan fingerprint density at radius 3 is 2.64 bits per heavy atom. The monoisotopic (exact) mass is 577 g/mol. The fourth-order valence-corrected chi connectivity index (χ4v) is 6.71. The van der Waals surface area contributed by atoms with Gasteiger partial charge in [-0.2, -0.15) is 5.10 Å². The number of hydrogen-bond acceptors (Lipinski definition) is 5. The Morgan fingerprint density at radius 1 is 1.12 bits per heavy atom. The zero-order valence-corrected chi connectivity index (χ0v) is 24.4. The van der Waals surface area contributed by atoms with E-state index in [9.17, 15) is 18.4 Å². The van der Waals surface area contributed by atoms with Crippen LogP contribution < -0.4 is 4.90 Å². The molecule has 3 aliphatic heterocycles. The fourth-order valence-electron chi connectivity index (χ4n) is 6.71. The van der Waals surface area contributed by atoms with Crippen molar-refractivity contribution in [1.82, 2.24) is 19.6 Å². The van der Waals surface area contributed by atoms with Crippen LogP contribution in [0, 0.1) is 0 Å². The number of benzene rings is 2. The molecule has 3 aromatic rings. The van der Waals surface area contributed by atoms with E-state index in [1.54, 1.807) is 44.2 Å². The minimum atomic E-state index is -2.64. The number of hydrogen-bond donors (Lipinski definition) is 0. The number of rotatable bonds is 7. The third kappa shape index (κ3) is 5.28. The number of aromatic nitrogens is 2. The molecule has 0 bridgehead atoms. The van der Waals surface area contributed by atoms with Crippen LogP contribution in [-0.4, -0.2) is 64.7 Å². The van der Waals surface area contributed by atoms with Crippen LogP contribution >= 0.6 is 0 Å². The van der Waals surface area contributed by atoms with Crippen LogP contribution in [0.1, 0.15) is 66.3 Å². The van der Waals surface area contributed by atoms with Crippen molar-refractivity contribution in [3.8, 4) is 11.1 Å². The molecule has 8 nitrogen and oxygen atoms in total. The van der Waals surface area contributed by atoms with Gasteiger partial charge < -0.3 is 19.4 Å². The van der Waals surface area contributed by atoms with Crippen molar-refractivity contribution >= 4 is 23.2 Å². The molecule has 222 valence electrons. The van der Waals surface area contributed by atoms with Gasteiger partial charge in [0.15, 0.2) is 0 Å². The number of carbonyl (C=O) groups excluding carboxylic acids is 2. The molecule has 2 aromatic carbocycles. The summed E-state index contributed by atoms with van der Waals surface area (Å²) in [4.78, 5) is 31.2. The first-order valence-electron chi connectivity index (χ1n) is 14.6. The quantitative estimate of drug-likeness (QED) is 0.380. The Balaban J connectivity index is 1.41. The largest absolute Gasteiger partial charge is 0.383 e. The number of amides is 2. The number of piperidine rings is 1. The number of alkyl halides is 2. The molecule has 0 spiro atoms. The number of nitrogens with zero attached hydrogens (tertiary/aromatic N) is 5. The van der Waals surface area contributed by atoms with Gasteiger partial charge in [-0.1, -0.05) is 6.07 Å². The molecule has 10 heteroatoms. The Kier molecular flexibility index (Phi) is 7.74. The van der Waals surface area contributed by atoms with Crippen molar-refractivity contribution < 1.29 is 23.1 Å². The Labute approximate surface area is 244 Å². The molecule has 6 rings (SSSR count). The van der Waals surface area contributed by atoms with Gasteiger partial charge in [0, 0.05) is 94.5 Å². The second-order valence-electron chi connectivity index (χ2n) is 11.6. The highest BCUT2D eigenvalue weighted by Crippen LogP contribution is 2.45. The van der Waals surface area contributed by atoms with Gasteiger partial charge in [0.1, 0.15) is 0 Å². The predicted octanol–water partition coefficient (Wildman–Crippen LogP) is 5.32. The van der Waals surface area contributed by atoms with E-state index in [-0.39, 0.29) is 23.3 Å². The molecule has 0 N–H and O–H groups in total. The maximum absolute atomic E-state index is 14.5. The number of likely N-dealkylation sites (tertiary alicyclic amines) is 1. The molecule has 1 atom stereocenters. The van der Waals surface area contributed by atoms with Gasteiger partial charge in [0.2, 0.25) is 11.8 Å². The summed E-state index contributed by atoms with van der Waals surface area (Å²) in [7, 11) is 3.41. The Morgan fingerprint density at radius 2 is 1.95 bits per heavy atom. The van der Waals surface area contributed by atoms with E-state index in [1.807, 2.05) is 15.9 Å². The van der Waals surface area contributed by atoms with Crippen LogP contribution in [-0.2, 0) is 40.9 Å². The zero-order chi connectivity index (χ0) is 29.5. The highest BCUT2D eigenvalue weighted by atomic mass is 19.3. The van der Waals surface area contributed by atoms with Gasteiger partial charge >= 0.3 is 0 Å². The summed E-state index contributed by atoms with van der Waals surface area (Å²) in [5.74, 6) is 0.171. The van der Waals surface area contributed by atoms with E-state index in [1.165, 1.54) is 0 Å². The molecule has 1 fully saturated rings. The average Bonchev–Trinajstić information content (AvgIpc) is 3.61. The van der Waals surface area contributed by atoms with E-state index >= 15 is 0 Å². The molecule has 0 radical (unpaired) electrons. The fraction of sp³-hybridized carbons (Fsp3) is 0.469. The van der Waals surface area contributed by atoms with Crippen LogP contribution in [0.2, 0.25) is 0 Å². The summed E-state index contributed by atoms with van der Waals surface area (Å²) in [6, 6.07) is 7.86. The van der Waals surface area contributed by atoms with E-state index in [4.69, 9.17) is 4.74 Å². The minimum Gasteiger partial charge on any atom is -0.383 e. The second kappa shape index (κ2) is 11.5. The standard InChI is InChI=1S/C32H37F2N5O3/c1-20(40)38-18-24-11-23(21-6-8-37(9-10-42-3)31(41)14-21)13-30(28(24)19-38)39-7-4-5-22-12-26(25-16-35-36(2)17-25)27(32(33)34)15-29(22)39/h11-13,15-17,21,32H,4-10,14,18-19H2,1-3H3. The zero-order valence-electron chi connectivity index (χ0n) is 24.4. The SMILES string of the molecule is COCCN1CCC(c2cc3c(c(N4CCCc5cc(-c6cnn(C)c6)c(C(F)F)cc54)c2)CN(C(C)=O)C3)CC1=O. The van der Waals surface area contributed by atoms with Gasteiger partial charge in [-0.15, -0.1) is 0 Å². The summed E-state index contributed by atoms with van der Waals surface area (Å²) in [6.07, 6.45) is 3.67. The first-order valence-corrected chi connectivity index (χ1v) is 14.6. The van der Waals surface area contributed by atoms with Gasteiger partial charge in [-0.3, -0.25) is 14.3 Å². The lowest BCUT2D eigenvalue weighted by molar-refractivity contribution is -0.134. The summed E-state index contributed by atoms with van der Waals surface area (Å²) in [5, 5.41) is 4.20. The van der Waals surface area contributed by atoms with Crippen molar-refractivity contribution in [2.75, 3.05) is 38.3 Å². The molecule has 1 aromatic heterocycles. The maximum Gasteiger partial charge on any atom is 0.264 e. The van der Waals surface area contributed by atoms with Gasteiger partial charge in [0.25, 0.3) is 6.43 Å². The van der Waals surface area contributed by atoms with E-state index < -0.39 is 6.43 Å². The van der Waals surface area contributed by atoms with Crippen molar-refractivity contribution in [3.63, 3.8) is 0 Å². The average molecular weight is 578 g/mol. The smallest absolute Gasteiger partial charge is 0.264 e. The lowest BCUT2D eigenvalue weighted by atomic mass is 9.86. The molecule has 1 saturated heterocycles. The van der Waals surface area contributed by atoms with E-state index in [2.05, 4.69) is 22.1 Å². The number of ether oxygens (including phenoxy) is 1. The van der Waals surface area contributed by atoms with E-state index in [0.717, 1.165) is 52.9 Å². The molecule has 2 amide bonds. The molecule has 0 saturated carbocycles. The summed E-state index contributed by atoms with van der Waals surface area (Å²) < 4.78 is 35.8. The summed E-state index contributed by atoms with van der Waals surface area (Å²) >= 11 is 0. The van der Waals surface area contributed by atoms with Crippen LogP contribution in [0.3, 0.4) is 0 Å². The topological polar surface area (TPSA) is 70.9 Å². The Hall–Kier alpha value is -3.79. The molecule has 42 heavy (non-hydrogen) atoms. The molecular formula is C32H37F2N5O3. The lowest BCUT2D eigenvalue weighted by Crippen LogP contribution is -2.40. The van der Waals surface area contributed by atoms with Crippen molar-refractivity contribution in [2.24, 2.45) is 7.05 Å². The first kappa shape index (κ1) is 28.3. The van der Waals surface area contributed by atoms with Crippen LogP contribution in [0.4, 0.5) is 20.2 Å². The maximum atomic E-state index is 14.5. The molecular weight excluding hydrogens is 540 g/mol. The Bertz CT molecular complexity index is 1520. The van der Waals surface area contributed by atoms with Crippen molar-refractivity contribution in [1.29, 1.82) is 0 Å². The van der Waals surface area contributed by atoms with Gasteiger partial charge in [-0.05, 0) is 65.6 Å². The van der Waals surface area contributed by atoms with Crippen LogP contribution in [0.15, 0.2) is 36.7 Å². The number of halogens is 2. The molecule has 1 unspecified atom stereocenters. The molecule has 4 heterocycles. The third-order valence-corrected chi connectivity index (χ3v) is 8.97. The summed E-state index contributed by atoms with van der Waals surface area (Å²) in [6.45, 7) is 5.02. The van der Waals surface area contributed by atoms with Crippen LogP contribution in [0.25, 0.3) is 11.1 Å². The second-order valence-corrected chi connectivity index (χ2v) is 11.6. The van der Waals surface area contributed by atoms with Crippen LogP contribution in [0.5, 0.6) is 0 Å². The number of aryl methyl sites for hydroxylation is 2. The number of anilines is 2. The normalized spacial score (nSPS) is 18.6. The van der Waals surface area contributed by atoms with Gasteiger partial charge in [0.05, 0.1) is 12.8 Å². The molecule has 3 aliphatic rings. The van der Waals surface area contributed by atoms with Gasteiger partial charge in [-0.25, -0.2) is 8.78 Å². The highest BCUT2D eigenvalue weighted by Gasteiger charge is 2.33. The number of fused-ring (bicyclic) bond motifs is 2. The molecule has 0 aliphatic carbocycles. The number of methoxy groups -OCH3 is 1. The summed E-state index contributed by atoms with van der Waals surface area (Å²) in [5.41, 5.74) is 7.13. The van der Waals surface area contributed by atoms with Crippen molar-refractivity contribution in [2.45, 2.75) is 58.0 Å². The third-order valence-electron chi connectivity index (χ3n) is 8.97. The highest BCUT2D eigenvalue weighted by molar-refractivity contribution is 5.81.